The molecule has 22 heavy (non-hydrogen) atoms. The monoisotopic (exact) mass is 312 g/mol. The van der Waals surface area contributed by atoms with E-state index in [1.165, 1.54) is 17.7 Å². The highest BCUT2D eigenvalue weighted by molar-refractivity contribution is 7.10. The van der Waals surface area contributed by atoms with Crippen molar-refractivity contribution in [3.05, 3.63) is 70.2 Å². The molecule has 7 heteroatoms. The van der Waals surface area contributed by atoms with E-state index in [2.05, 4.69) is 20.2 Å². The van der Waals surface area contributed by atoms with E-state index in [-0.39, 0.29) is 17.4 Å². The number of aliphatic hydroxyl groups is 1. The van der Waals surface area contributed by atoms with Gasteiger partial charge in [0.05, 0.1) is 0 Å². The van der Waals surface area contributed by atoms with E-state index in [9.17, 15) is 9.90 Å². The van der Waals surface area contributed by atoms with Crippen molar-refractivity contribution in [2.75, 3.05) is 0 Å². The Morgan fingerprint density at radius 2 is 2.18 bits per heavy atom. The number of aromatic nitrogens is 4. The van der Waals surface area contributed by atoms with Crippen molar-refractivity contribution < 1.29 is 9.90 Å². The normalized spacial score (nSPS) is 11.5. The second-order valence-electron chi connectivity index (χ2n) is 4.55. The van der Waals surface area contributed by atoms with Crippen molar-refractivity contribution in [1.29, 1.82) is 0 Å². The highest BCUT2D eigenvalue weighted by Gasteiger charge is 2.11. The van der Waals surface area contributed by atoms with Crippen LogP contribution in [-0.4, -0.2) is 31.1 Å². The van der Waals surface area contributed by atoms with E-state index >= 15 is 0 Å². The van der Waals surface area contributed by atoms with Crippen LogP contribution in [0.3, 0.4) is 0 Å². The highest BCUT2D eigenvalue weighted by Crippen LogP contribution is 2.20. The predicted octanol–water partition coefficient (Wildman–Crippen LogP) is 2.63. The second-order valence-corrected chi connectivity index (χ2v) is 5.55. The Hall–Kier alpha value is -2.80. The maximum absolute atomic E-state index is 12.1. The maximum atomic E-state index is 12.1. The summed E-state index contributed by atoms with van der Waals surface area (Å²) in [7, 11) is 0. The van der Waals surface area contributed by atoms with E-state index in [1.807, 2.05) is 18.2 Å². The van der Waals surface area contributed by atoms with Gasteiger partial charge in [-0.2, -0.15) is 5.10 Å². The third-order valence-corrected chi connectivity index (χ3v) is 3.91. The average Bonchev–Trinajstić information content (AvgIpc) is 3.19. The molecule has 2 N–H and O–H groups in total. The molecule has 0 bridgehead atoms. The number of allylic oxidation sites excluding steroid dienone is 1. The first-order valence-electron chi connectivity index (χ1n) is 6.50. The van der Waals surface area contributed by atoms with Gasteiger partial charge >= 0.3 is 0 Å². The smallest absolute Gasteiger partial charge is 0.215 e. The number of rotatable bonds is 5. The van der Waals surface area contributed by atoms with E-state index in [1.54, 1.807) is 17.8 Å². The summed E-state index contributed by atoms with van der Waals surface area (Å²) in [6, 6.07) is 5.71. The Kier molecular flexibility index (Phi) is 4.06. The Balaban J connectivity index is 1.73. The Morgan fingerprint density at radius 1 is 1.36 bits per heavy atom. The zero-order valence-electron chi connectivity index (χ0n) is 11.4. The van der Waals surface area contributed by atoms with Crippen molar-refractivity contribution in [1.82, 2.24) is 20.2 Å². The Morgan fingerprint density at radius 3 is 2.91 bits per heavy atom. The largest absolute Gasteiger partial charge is 0.504 e. The van der Waals surface area contributed by atoms with Gasteiger partial charge in [0, 0.05) is 40.7 Å². The van der Waals surface area contributed by atoms with Crippen molar-refractivity contribution in [2.45, 2.75) is 6.42 Å². The molecule has 3 aromatic heterocycles. The van der Waals surface area contributed by atoms with Crippen LogP contribution in [0.2, 0.25) is 0 Å². The Labute approximate surface area is 130 Å². The summed E-state index contributed by atoms with van der Waals surface area (Å²) in [6.45, 7) is 0. The fourth-order valence-electron chi connectivity index (χ4n) is 1.91. The lowest BCUT2D eigenvalue weighted by atomic mass is 10.1. The molecule has 0 atom stereocenters. The number of aromatic amines is 1. The van der Waals surface area contributed by atoms with Crippen LogP contribution in [0.15, 0.2) is 48.4 Å². The SMILES string of the molecule is O=C(C=C(O)c1nc[nH]n1)c1csc(Cc2ccncc2)c1. The molecule has 3 heterocycles. The van der Waals surface area contributed by atoms with Crippen LogP contribution in [0.5, 0.6) is 0 Å². The molecular weight excluding hydrogens is 300 g/mol. The molecule has 0 aliphatic carbocycles. The topological polar surface area (TPSA) is 91.8 Å². The van der Waals surface area contributed by atoms with Crippen LogP contribution in [0.4, 0.5) is 0 Å². The number of nitrogens with one attached hydrogen (secondary N) is 1. The van der Waals surface area contributed by atoms with Gasteiger partial charge in [0.25, 0.3) is 0 Å². The molecule has 0 saturated heterocycles. The van der Waals surface area contributed by atoms with Gasteiger partial charge < -0.3 is 5.11 Å². The fourth-order valence-corrected chi connectivity index (χ4v) is 2.82. The number of nitrogens with zero attached hydrogens (tertiary/aromatic N) is 3. The molecule has 0 fully saturated rings. The molecular formula is C15H12N4O2S. The van der Waals surface area contributed by atoms with Gasteiger partial charge in [0.1, 0.15) is 6.33 Å². The van der Waals surface area contributed by atoms with E-state index < -0.39 is 0 Å². The number of hydrogen-bond acceptors (Lipinski definition) is 6. The van der Waals surface area contributed by atoms with Gasteiger partial charge in [-0.05, 0) is 23.8 Å². The number of pyridine rings is 1. The minimum Gasteiger partial charge on any atom is -0.504 e. The third kappa shape index (κ3) is 3.26. The number of hydrogen-bond donors (Lipinski definition) is 2. The van der Waals surface area contributed by atoms with Crippen molar-refractivity contribution in [3.63, 3.8) is 0 Å². The summed E-state index contributed by atoms with van der Waals surface area (Å²) < 4.78 is 0. The lowest BCUT2D eigenvalue weighted by molar-refractivity contribution is 0.104. The zero-order chi connectivity index (χ0) is 15.4. The Bertz CT molecular complexity index is 794. The summed E-state index contributed by atoms with van der Waals surface area (Å²) in [5, 5.41) is 17.7. The molecule has 110 valence electrons. The van der Waals surface area contributed by atoms with Gasteiger partial charge in [-0.25, -0.2) is 4.98 Å². The van der Waals surface area contributed by atoms with Gasteiger partial charge in [-0.3, -0.25) is 14.9 Å². The highest BCUT2D eigenvalue weighted by atomic mass is 32.1. The quantitative estimate of drug-likeness (QED) is 0.429. The van der Waals surface area contributed by atoms with Crippen LogP contribution in [0, 0.1) is 0 Å². The predicted molar refractivity (Wildman–Crippen MR) is 82.7 cm³/mol. The summed E-state index contributed by atoms with van der Waals surface area (Å²) in [5.41, 5.74) is 1.67. The van der Waals surface area contributed by atoms with Crippen LogP contribution >= 0.6 is 11.3 Å². The first-order valence-corrected chi connectivity index (χ1v) is 7.38. The standard InChI is InChI=1S/C15H12N4O2S/c20-13(7-14(21)15-17-9-18-19-15)11-6-12(22-8-11)5-10-1-3-16-4-2-10/h1-4,6-9,21H,5H2,(H,17,18,19). The van der Waals surface area contributed by atoms with Crippen LogP contribution in [0.25, 0.3) is 5.76 Å². The average molecular weight is 312 g/mol. The second kappa shape index (κ2) is 6.31. The van der Waals surface area contributed by atoms with E-state index in [0.29, 0.717) is 5.56 Å². The molecule has 0 saturated carbocycles. The lowest BCUT2D eigenvalue weighted by Gasteiger charge is -1.96. The van der Waals surface area contributed by atoms with Gasteiger partial charge in [0.15, 0.2) is 11.5 Å². The molecule has 3 aromatic rings. The molecule has 0 unspecified atom stereocenters. The molecule has 0 radical (unpaired) electrons. The third-order valence-electron chi connectivity index (χ3n) is 2.98. The maximum Gasteiger partial charge on any atom is 0.215 e. The molecule has 0 aliphatic heterocycles. The summed E-state index contributed by atoms with van der Waals surface area (Å²) in [5.74, 6) is -0.437. The lowest BCUT2D eigenvalue weighted by Crippen LogP contribution is -1.96. The number of carbonyl (C=O) groups is 1. The van der Waals surface area contributed by atoms with Gasteiger partial charge in [0.2, 0.25) is 5.82 Å². The molecule has 6 nitrogen and oxygen atoms in total. The number of carbonyl (C=O) groups excluding carboxylic acids is 1. The summed E-state index contributed by atoms with van der Waals surface area (Å²) in [4.78, 5) is 20.9. The minimum absolute atomic E-state index is 0.0978. The molecule has 3 rings (SSSR count). The molecule has 0 spiro atoms. The van der Waals surface area contributed by atoms with E-state index in [4.69, 9.17) is 0 Å². The van der Waals surface area contributed by atoms with Crippen LogP contribution < -0.4 is 0 Å². The number of ketones is 1. The van der Waals surface area contributed by atoms with Crippen LogP contribution in [-0.2, 0) is 6.42 Å². The number of H-pyrrole nitrogens is 1. The fraction of sp³-hybridized carbons (Fsp3) is 0.0667. The number of thiophene rings is 1. The molecule has 0 amide bonds. The summed E-state index contributed by atoms with van der Waals surface area (Å²) >= 11 is 1.51. The zero-order valence-corrected chi connectivity index (χ0v) is 12.2. The first kappa shape index (κ1) is 14.2. The van der Waals surface area contributed by atoms with Crippen molar-refractivity contribution in [2.24, 2.45) is 0 Å². The summed E-state index contributed by atoms with van der Waals surface area (Å²) in [6.07, 6.45) is 6.69. The molecule has 0 aromatic carbocycles. The molecule has 0 aliphatic rings. The first-order chi connectivity index (χ1) is 10.7. The minimum atomic E-state index is -0.278. The number of aliphatic hydroxyl groups excluding tert-OH is 1. The van der Waals surface area contributed by atoms with Crippen molar-refractivity contribution >= 4 is 22.9 Å². The van der Waals surface area contributed by atoms with E-state index in [0.717, 1.165) is 22.9 Å². The van der Waals surface area contributed by atoms with Gasteiger partial charge in [-0.15, -0.1) is 11.3 Å². The van der Waals surface area contributed by atoms with Crippen LogP contribution in [0.1, 0.15) is 26.6 Å². The van der Waals surface area contributed by atoms with Gasteiger partial charge in [-0.1, -0.05) is 0 Å². The van der Waals surface area contributed by atoms with Crippen molar-refractivity contribution in [3.8, 4) is 0 Å².